The van der Waals surface area contributed by atoms with Gasteiger partial charge in [-0.3, -0.25) is 19.3 Å². The van der Waals surface area contributed by atoms with Crippen molar-refractivity contribution in [2.24, 2.45) is 0 Å². The fourth-order valence-electron chi connectivity index (χ4n) is 3.87. The second kappa shape index (κ2) is 12.1. The minimum atomic E-state index is -0.993. The average Bonchev–Trinajstić information content (AvgIpc) is 3.42. The summed E-state index contributed by atoms with van der Waals surface area (Å²) in [5, 5.41) is 7.63. The van der Waals surface area contributed by atoms with Gasteiger partial charge < -0.3 is 15.4 Å². The van der Waals surface area contributed by atoms with Crippen LogP contribution in [0.4, 0.5) is 5.69 Å². The Balaban J connectivity index is 2.11. The second-order valence-electron chi connectivity index (χ2n) is 9.55. The molecule has 0 saturated carbocycles. The minimum absolute atomic E-state index is 0.269. The third-order valence-corrected chi connectivity index (χ3v) is 7.38. The number of thiophene rings is 1. The Morgan fingerprint density at radius 3 is 2.43 bits per heavy atom. The number of ether oxygens (including phenoxy) is 1. The van der Waals surface area contributed by atoms with E-state index in [0.29, 0.717) is 28.3 Å². The van der Waals surface area contributed by atoms with Gasteiger partial charge in [-0.1, -0.05) is 37.3 Å². The predicted octanol–water partition coefficient (Wildman–Crippen LogP) is 5.18. The molecular formula is C29H35N3O4S. The maximum atomic E-state index is 13.9. The van der Waals surface area contributed by atoms with Crippen LogP contribution in [0.15, 0.2) is 60.0 Å². The molecule has 3 amide bonds. The molecule has 0 fully saturated rings. The number of carbonyl (C=O) groups excluding carboxylic acids is 3. The van der Waals surface area contributed by atoms with Crippen molar-refractivity contribution in [3.05, 3.63) is 81.5 Å². The highest BCUT2D eigenvalue weighted by atomic mass is 32.1. The van der Waals surface area contributed by atoms with E-state index >= 15 is 0 Å². The lowest BCUT2D eigenvalue weighted by Gasteiger charge is -2.35. The lowest BCUT2D eigenvalue weighted by molar-refractivity contribution is -0.127. The topological polar surface area (TPSA) is 87.7 Å². The summed E-state index contributed by atoms with van der Waals surface area (Å²) in [6, 6.07) is 15.3. The van der Waals surface area contributed by atoms with Crippen LogP contribution in [0.25, 0.3) is 0 Å². The van der Waals surface area contributed by atoms with Crippen LogP contribution in [0.3, 0.4) is 0 Å². The fraction of sp³-hybridized carbons (Fsp3) is 0.345. The molecule has 0 unspecified atom stereocenters. The molecule has 1 aromatic heterocycles. The van der Waals surface area contributed by atoms with Gasteiger partial charge in [0.25, 0.3) is 5.91 Å². The number of benzene rings is 2. The van der Waals surface area contributed by atoms with Gasteiger partial charge in [0.15, 0.2) is 0 Å². The van der Waals surface area contributed by atoms with Gasteiger partial charge in [-0.15, -0.1) is 11.3 Å². The first kappa shape index (κ1) is 27.9. The quantitative estimate of drug-likeness (QED) is 0.385. The zero-order chi connectivity index (χ0) is 27.2. The summed E-state index contributed by atoms with van der Waals surface area (Å²) in [4.78, 5) is 42.4. The molecule has 0 aliphatic carbocycles. The van der Waals surface area contributed by atoms with Crippen molar-refractivity contribution in [1.29, 1.82) is 0 Å². The maximum Gasteiger partial charge on any atom is 0.261 e. The lowest BCUT2D eigenvalue weighted by atomic mass is 9.97. The lowest BCUT2D eigenvalue weighted by Crippen LogP contribution is -2.52. The van der Waals surface area contributed by atoms with Crippen molar-refractivity contribution in [3.8, 4) is 5.75 Å². The summed E-state index contributed by atoms with van der Waals surface area (Å²) in [5.41, 5.74) is 2.57. The van der Waals surface area contributed by atoms with Crippen LogP contribution in [-0.4, -0.2) is 36.9 Å². The van der Waals surface area contributed by atoms with Gasteiger partial charge in [0.05, 0.1) is 18.5 Å². The molecule has 2 N–H and O–H groups in total. The molecule has 37 heavy (non-hydrogen) atoms. The molecular weight excluding hydrogens is 486 g/mol. The zero-order valence-corrected chi connectivity index (χ0v) is 23.1. The first-order valence-corrected chi connectivity index (χ1v) is 13.1. The van der Waals surface area contributed by atoms with Crippen LogP contribution < -0.4 is 20.3 Å². The molecule has 0 saturated heterocycles. The van der Waals surface area contributed by atoms with E-state index in [0.717, 1.165) is 11.1 Å². The van der Waals surface area contributed by atoms with E-state index in [-0.39, 0.29) is 18.4 Å². The van der Waals surface area contributed by atoms with Crippen molar-refractivity contribution >= 4 is 34.7 Å². The summed E-state index contributed by atoms with van der Waals surface area (Å²) in [6.45, 7) is 9.49. The number of aryl methyl sites for hydroxylation is 1. The van der Waals surface area contributed by atoms with Crippen LogP contribution in [0.5, 0.6) is 5.75 Å². The number of methoxy groups -OCH3 is 1. The molecule has 8 heteroatoms. The van der Waals surface area contributed by atoms with Gasteiger partial charge in [-0.05, 0) is 80.5 Å². The van der Waals surface area contributed by atoms with Crippen LogP contribution >= 0.6 is 11.3 Å². The summed E-state index contributed by atoms with van der Waals surface area (Å²) in [7, 11) is 1.56. The number of nitrogens with zero attached hydrogens (tertiary/aromatic N) is 1. The summed E-state index contributed by atoms with van der Waals surface area (Å²) in [6.07, 6.45) is 0.706. The van der Waals surface area contributed by atoms with E-state index < -0.39 is 17.5 Å². The number of anilines is 1. The van der Waals surface area contributed by atoms with Crippen molar-refractivity contribution in [2.75, 3.05) is 18.6 Å². The largest absolute Gasteiger partial charge is 0.497 e. The second-order valence-corrected chi connectivity index (χ2v) is 10.5. The summed E-state index contributed by atoms with van der Waals surface area (Å²) in [5.74, 6) is -0.488. The van der Waals surface area contributed by atoms with E-state index in [9.17, 15) is 14.4 Å². The van der Waals surface area contributed by atoms with Crippen molar-refractivity contribution in [2.45, 2.75) is 52.6 Å². The number of nitrogens with one attached hydrogen (secondary N) is 2. The molecule has 1 heterocycles. The van der Waals surface area contributed by atoms with Crippen molar-refractivity contribution < 1.29 is 19.1 Å². The van der Waals surface area contributed by atoms with Gasteiger partial charge in [0.1, 0.15) is 11.8 Å². The monoisotopic (exact) mass is 521 g/mol. The standard InChI is InChI=1S/C29H35N3O4S/c1-7-29(4,5)31-28(35)26(21-12-9-13-22(17-21)36-6)32(23-14-8-11-19(2)20(23)3)25(33)18-30-27(34)24-15-10-16-37-24/h8-17,26H,7,18H2,1-6H3,(H,30,34)(H,31,35)/t26-/m0/s1. The molecule has 0 radical (unpaired) electrons. The van der Waals surface area contributed by atoms with Gasteiger partial charge in [-0.25, -0.2) is 0 Å². The smallest absolute Gasteiger partial charge is 0.261 e. The molecule has 1 atom stereocenters. The van der Waals surface area contributed by atoms with E-state index in [2.05, 4.69) is 10.6 Å². The van der Waals surface area contributed by atoms with E-state index in [1.807, 2.05) is 52.8 Å². The van der Waals surface area contributed by atoms with Gasteiger partial charge >= 0.3 is 0 Å². The van der Waals surface area contributed by atoms with E-state index in [4.69, 9.17) is 4.74 Å². The maximum absolute atomic E-state index is 13.9. The Labute approximate surface area is 222 Å². The summed E-state index contributed by atoms with van der Waals surface area (Å²) >= 11 is 1.30. The molecule has 3 rings (SSSR count). The van der Waals surface area contributed by atoms with Crippen LogP contribution in [0.2, 0.25) is 0 Å². The zero-order valence-electron chi connectivity index (χ0n) is 22.3. The van der Waals surface area contributed by atoms with Crippen molar-refractivity contribution in [3.63, 3.8) is 0 Å². The first-order valence-electron chi connectivity index (χ1n) is 12.2. The molecule has 0 aliphatic heterocycles. The number of carbonyl (C=O) groups is 3. The molecule has 2 aromatic carbocycles. The normalized spacial score (nSPS) is 11.9. The predicted molar refractivity (Wildman–Crippen MR) is 148 cm³/mol. The van der Waals surface area contributed by atoms with Crippen molar-refractivity contribution in [1.82, 2.24) is 10.6 Å². The molecule has 0 spiro atoms. The molecule has 0 bridgehead atoms. The number of amides is 3. The Hall–Kier alpha value is -3.65. The van der Waals surface area contributed by atoms with E-state index in [1.165, 1.54) is 16.2 Å². The van der Waals surface area contributed by atoms with Crippen LogP contribution in [0, 0.1) is 13.8 Å². The Bertz CT molecular complexity index is 1250. The highest BCUT2D eigenvalue weighted by Crippen LogP contribution is 2.33. The Kier molecular flexibility index (Phi) is 9.10. The number of rotatable bonds is 10. The molecule has 0 aliphatic rings. The third kappa shape index (κ3) is 6.77. The minimum Gasteiger partial charge on any atom is -0.497 e. The Morgan fingerprint density at radius 1 is 1.05 bits per heavy atom. The van der Waals surface area contributed by atoms with Crippen LogP contribution in [-0.2, 0) is 9.59 Å². The Morgan fingerprint density at radius 2 is 1.78 bits per heavy atom. The number of hydrogen-bond acceptors (Lipinski definition) is 5. The average molecular weight is 522 g/mol. The molecule has 3 aromatic rings. The first-order chi connectivity index (χ1) is 17.6. The SMILES string of the molecule is CCC(C)(C)NC(=O)[C@H](c1cccc(OC)c1)N(C(=O)CNC(=O)c1cccs1)c1cccc(C)c1C. The molecule has 196 valence electrons. The fourth-order valence-corrected chi connectivity index (χ4v) is 4.51. The number of hydrogen-bond donors (Lipinski definition) is 2. The van der Waals surface area contributed by atoms with Gasteiger partial charge in [0.2, 0.25) is 11.8 Å². The van der Waals surface area contributed by atoms with Crippen LogP contribution in [0.1, 0.15) is 59.6 Å². The molecule has 7 nitrogen and oxygen atoms in total. The van der Waals surface area contributed by atoms with Gasteiger partial charge in [0, 0.05) is 11.2 Å². The summed E-state index contributed by atoms with van der Waals surface area (Å²) < 4.78 is 5.42. The van der Waals surface area contributed by atoms with E-state index in [1.54, 1.807) is 48.9 Å². The van der Waals surface area contributed by atoms with Gasteiger partial charge in [-0.2, -0.15) is 0 Å². The highest BCUT2D eigenvalue weighted by Gasteiger charge is 2.36. The highest BCUT2D eigenvalue weighted by molar-refractivity contribution is 7.12. The third-order valence-electron chi connectivity index (χ3n) is 6.51.